The summed E-state index contributed by atoms with van der Waals surface area (Å²) in [5.74, 6) is 0.815. The Morgan fingerprint density at radius 2 is 2.11 bits per heavy atom. The van der Waals surface area contributed by atoms with Crippen molar-refractivity contribution in [3.05, 3.63) is 18.0 Å². The molecule has 1 aromatic rings. The fourth-order valence-electron chi connectivity index (χ4n) is 3.29. The van der Waals surface area contributed by atoms with Crippen molar-refractivity contribution in [2.24, 2.45) is 18.4 Å². The van der Waals surface area contributed by atoms with Crippen LogP contribution in [0.5, 0.6) is 0 Å². The van der Waals surface area contributed by atoms with E-state index in [0.717, 1.165) is 18.9 Å². The Bertz CT molecular complexity index is 384. The van der Waals surface area contributed by atoms with Gasteiger partial charge in [0.05, 0.1) is 5.69 Å². The Morgan fingerprint density at radius 3 is 2.63 bits per heavy atom. The van der Waals surface area contributed by atoms with Gasteiger partial charge in [-0.3, -0.25) is 4.68 Å². The molecule has 0 radical (unpaired) electrons. The molecule has 0 saturated heterocycles. The fourth-order valence-corrected chi connectivity index (χ4v) is 3.29. The van der Waals surface area contributed by atoms with E-state index in [1.165, 1.54) is 31.4 Å². The smallest absolute Gasteiger partial charge is 0.0640 e. The molecule has 19 heavy (non-hydrogen) atoms. The van der Waals surface area contributed by atoms with Crippen LogP contribution in [0.1, 0.15) is 52.1 Å². The highest BCUT2D eigenvalue weighted by Crippen LogP contribution is 2.39. The van der Waals surface area contributed by atoms with Gasteiger partial charge in [0, 0.05) is 25.7 Å². The molecule has 0 aliphatic heterocycles. The fraction of sp³-hybridized carbons (Fsp3) is 0.812. The molecule has 1 fully saturated rings. The minimum atomic E-state index is 0.554. The van der Waals surface area contributed by atoms with Crippen LogP contribution in [-0.2, 0) is 13.5 Å². The number of nitrogens with one attached hydrogen (secondary N) is 1. The lowest BCUT2D eigenvalue weighted by molar-refractivity contribution is 0.161. The van der Waals surface area contributed by atoms with E-state index >= 15 is 0 Å². The van der Waals surface area contributed by atoms with Crippen molar-refractivity contribution in [1.82, 2.24) is 15.1 Å². The monoisotopic (exact) mass is 263 g/mol. The summed E-state index contributed by atoms with van der Waals surface area (Å²) in [4.78, 5) is 0. The first-order chi connectivity index (χ1) is 9.00. The van der Waals surface area contributed by atoms with Crippen molar-refractivity contribution in [3.63, 3.8) is 0 Å². The summed E-state index contributed by atoms with van der Waals surface area (Å²) >= 11 is 0. The third-order valence-electron chi connectivity index (χ3n) is 4.62. The van der Waals surface area contributed by atoms with E-state index in [1.807, 2.05) is 17.9 Å². The molecule has 1 saturated carbocycles. The van der Waals surface area contributed by atoms with E-state index in [1.54, 1.807) is 0 Å². The zero-order chi connectivity index (χ0) is 13.9. The van der Waals surface area contributed by atoms with Gasteiger partial charge in [0.25, 0.3) is 0 Å². The second-order valence-corrected chi connectivity index (χ2v) is 6.85. The standard InChI is InChI=1S/C16H29N3/c1-5-17-15(12-14-8-11-19(4)18-14)13-6-9-16(2,3)10-7-13/h8,11,13,15,17H,5-7,9-10,12H2,1-4H3. The number of likely N-dealkylation sites (N-methyl/N-ethyl adjacent to an activating group) is 1. The number of hydrogen-bond donors (Lipinski definition) is 1. The van der Waals surface area contributed by atoms with Gasteiger partial charge in [0.2, 0.25) is 0 Å². The highest BCUT2D eigenvalue weighted by atomic mass is 15.2. The normalized spacial score (nSPS) is 21.5. The van der Waals surface area contributed by atoms with Crippen LogP contribution in [0, 0.1) is 11.3 Å². The molecule has 0 aromatic carbocycles. The molecular weight excluding hydrogens is 234 g/mol. The lowest BCUT2D eigenvalue weighted by atomic mass is 9.70. The summed E-state index contributed by atoms with van der Waals surface area (Å²) in [6.07, 6.45) is 8.56. The van der Waals surface area contributed by atoms with Crippen LogP contribution in [-0.4, -0.2) is 22.4 Å². The van der Waals surface area contributed by atoms with Crippen LogP contribution in [0.3, 0.4) is 0 Å². The van der Waals surface area contributed by atoms with Gasteiger partial charge in [-0.25, -0.2) is 0 Å². The number of aryl methyl sites for hydroxylation is 1. The van der Waals surface area contributed by atoms with Crippen molar-refractivity contribution in [1.29, 1.82) is 0 Å². The van der Waals surface area contributed by atoms with Gasteiger partial charge in [-0.1, -0.05) is 20.8 Å². The third-order valence-corrected chi connectivity index (χ3v) is 4.62. The quantitative estimate of drug-likeness (QED) is 0.884. The molecule has 0 spiro atoms. The van der Waals surface area contributed by atoms with Crippen LogP contribution in [0.4, 0.5) is 0 Å². The van der Waals surface area contributed by atoms with E-state index in [9.17, 15) is 0 Å². The molecular formula is C16H29N3. The molecule has 1 unspecified atom stereocenters. The van der Waals surface area contributed by atoms with E-state index in [0.29, 0.717) is 11.5 Å². The molecule has 1 aromatic heterocycles. The zero-order valence-electron chi connectivity index (χ0n) is 12.9. The van der Waals surface area contributed by atoms with Gasteiger partial charge in [-0.15, -0.1) is 0 Å². The number of hydrogen-bond acceptors (Lipinski definition) is 2. The Morgan fingerprint density at radius 1 is 1.42 bits per heavy atom. The van der Waals surface area contributed by atoms with Crippen LogP contribution < -0.4 is 5.32 Å². The average Bonchev–Trinajstić information content (AvgIpc) is 2.74. The lowest BCUT2D eigenvalue weighted by Crippen LogP contribution is -2.40. The molecule has 3 nitrogen and oxygen atoms in total. The molecule has 0 amide bonds. The summed E-state index contributed by atoms with van der Waals surface area (Å²) in [6.45, 7) is 8.07. The second-order valence-electron chi connectivity index (χ2n) is 6.85. The van der Waals surface area contributed by atoms with Gasteiger partial charge in [-0.2, -0.15) is 5.10 Å². The van der Waals surface area contributed by atoms with Gasteiger partial charge in [0.15, 0.2) is 0 Å². The first-order valence-corrected chi connectivity index (χ1v) is 7.72. The largest absolute Gasteiger partial charge is 0.314 e. The second kappa shape index (κ2) is 6.08. The highest BCUT2D eigenvalue weighted by Gasteiger charge is 2.31. The van der Waals surface area contributed by atoms with Gasteiger partial charge in [0.1, 0.15) is 0 Å². The maximum Gasteiger partial charge on any atom is 0.0640 e. The summed E-state index contributed by atoms with van der Waals surface area (Å²) in [5.41, 5.74) is 1.77. The van der Waals surface area contributed by atoms with Gasteiger partial charge >= 0.3 is 0 Å². The summed E-state index contributed by atoms with van der Waals surface area (Å²) in [6, 6.07) is 2.74. The molecule has 3 heteroatoms. The van der Waals surface area contributed by atoms with Crippen molar-refractivity contribution in [2.45, 2.75) is 58.9 Å². The van der Waals surface area contributed by atoms with Crippen LogP contribution >= 0.6 is 0 Å². The Labute approximate surface area is 117 Å². The predicted molar refractivity (Wildman–Crippen MR) is 80.1 cm³/mol. The molecule has 1 aliphatic rings. The Kier molecular flexibility index (Phi) is 4.67. The molecule has 1 atom stereocenters. The summed E-state index contributed by atoms with van der Waals surface area (Å²) in [5, 5.41) is 8.22. The minimum absolute atomic E-state index is 0.554. The minimum Gasteiger partial charge on any atom is -0.314 e. The summed E-state index contributed by atoms with van der Waals surface area (Å²) < 4.78 is 1.91. The summed E-state index contributed by atoms with van der Waals surface area (Å²) in [7, 11) is 1.99. The molecule has 1 heterocycles. The zero-order valence-corrected chi connectivity index (χ0v) is 12.9. The third kappa shape index (κ3) is 4.07. The predicted octanol–water partition coefficient (Wildman–Crippen LogP) is 3.16. The topological polar surface area (TPSA) is 29.9 Å². The van der Waals surface area contributed by atoms with Crippen molar-refractivity contribution >= 4 is 0 Å². The maximum absolute atomic E-state index is 4.53. The van der Waals surface area contributed by atoms with Crippen LogP contribution in [0.15, 0.2) is 12.3 Å². The van der Waals surface area contributed by atoms with Gasteiger partial charge in [-0.05, 0) is 49.6 Å². The molecule has 2 rings (SSSR count). The molecule has 1 N–H and O–H groups in total. The SMILES string of the molecule is CCNC(Cc1ccn(C)n1)C1CCC(C)(C)CC1. The lowest BCUT2D eigenvalue weighted by Gasteiger charge is -2.38. The van der Waals surface area contributed by atoms with E-state index < -0.39 is 0 Å². The van der Waals surface area contributed by atoms with Crippen molar-refractivity contribution in [2.75, 3.05) is 6.54 Å². The Hall–Kier alpha value is -0.830. The molecule has 0 bridgehead atoms. The van der Waals surface area contributed by atoms with E-state index in [4.69, 9.17) is 0 Å². The van der Waals surface area contributed by atoms with Crippen LogP contribution in [0.25, 0.3) is 0 Å². The van der Waals surface area contributed by atoms with Crippen molar-refractivity contribution in [3.8, 4) is 0 Å². The number of nitrogens with zero attached hydrogens (tertiary/aromatic N) is 2. The molecule has 1 aliphatic carbocycles. The van der Waals surface area contributed by atoms with E-state index in [-0.39, 0.29) is 0 Å². The highest BCUT2D eigenvalue weighted by molar-refractivity contribution is 5.02. The van der Waals surface area contributed by atoms with Gasteiger partial charge < -0.3 is 5.32 Å². The Balaban J connectivity index is 1.96. The number of rotatable bonds is 5. The number of aromatic nitrogens is 2. The first kappa shape index (κ1) is 14.6. The molecule has 108 valence electrons. The van der Waals surface area contributed by atoms with Crippen LogP contribution in [0.2, 0.25) is 0 Å². The maximum atomic E-state index is 4.53. The van der Waals surface area contributed by atoms with E-state index in [2.05, 4.69) is 37.3 Å². The first-order valence-electron chi connectivity index (χ1n) is 7.72. The van der Waals surface area contributed by atoms with Crippen molar-refractivity contribution < 1.29 is 0 Å². The average molecular weight is 263 g/mol.